The molecule has 0 saturated heterocycles. The first-order valence-electron chi connectivity index (χ1n) is 13.9. The van der Waals surface area contributed by atoms with Gasteiger partial charge in [-0.15, -0.1) is 0 Å². The van der Waals surface area contributed by atoms with Crippen molar-refractivity contribution in [2.45, 2.75) is 11.3 Å². The molecule has 0 saturated carbocycles. The molecule has 0 fully saturated rings. The van der Waals surface area contributed by atoms with Gasteiger partial charge in [-0.3, -0.25) is 14.3 Å². The Bertz CT molecular complexity index is 1870. The fourth-order valence-corrected chi connectivity index (χ4v) is 6.37. The number of halogens is 1. The Labute approximate surface area is 250 Å². The minimum absolute atomic E-state index is 0.220. The number of sulfonamides is 1. The molecular formula is C34H30FN5O2S. The van der Waals surface area contributed by atoms with Crippen molar-refractivity contribution in [2.24, 2.45) is 0 Å². The van der Waals surface area contributed by atoms with Crippen LogP contribution in [0, 0.1) is 5.82 Å². The third-order valence-corrected chi connectivity index (χ3v) is 9.39. The van der Waals surface area contributed by atoms with Crippen LogP contribution in [0.1, 0.15) is 17.5 Å². The molecule has 1 aliphatic rings. The Morgan fingerprint density at radius 3 is 2.37 bits per heavy atom. The second-order valence-electron chi connectivity index (χ2n) is 10.2. The van der Waals surface area contributed by atoms with Gasteiger partial charge in [0.25, 0.3) is 10.0 Å². The van der Waals surface area contributed by atoms with Crippen molar-refractivity contribution in [3.63, 3.8) is 0 Å². The third-order valence-electron chi connectivity index (χ3n) is 7.59. The van der Waals surface area contributed by atoms with E-state index in [1.54, 1.807) is 55.0 Å². The summed E-state index contributed by atoms with van der Waals surface area (Å²) >= 11 is 0. The molecule has 0 unspecified atom stereocenters. The van der Waals surface area contributed by atoms with Gasteiger partial charge in [-0.05, 0) is 102 Å². The van der Waals surface area contributed by atoms with Gasteiger partial charge in [-0.25, -0.2) is 12.8 Å². The van der Waals surface area contributed by atoms with E-state index in [1.807, 2.05) is 42.7 Å². The lowest BCUT2D eigenvalue weighted by atomic mass is 9.92. The summed E-state index contributed by atoms with van der Waals surface area (Å²) in [6.07, 6.45) is 15.8. The zero-order valence-electron chi connectivity index (χ0n) is 23.6. The van der Waals surface area contributed by atoms with Crippen molar-refractivity contribution >= 4 is 27.4 Å². The van der Waals surface area contributed by atoms with Crippen LogP contribution in [0.2, 0.25) is 0 Å². The molecule has 2 aromatic carbocycles. The Balaban J connectivity index is 1.18. The largest absolute Gasteiger partial charge is 0.373 e. The second-order valence-corrected chi connectivity index (χ2v) is 12.2. The molecule has 0 bridgehead atoms. The molecule has 43 heavy (non-hydrogen) atoms. The number of benzene rings is 2. The highest BCUT2D eigenvalue weighted by Gasteiger charge is 2.22. The van der Waals surface area contributed by atoms with Gasteiger partial charge in [0.2, 0.25) is 0 Å². The Morgan fingerprint density at radius 1 is 0.930 bits per heavy atom. The molecular weight excluding hydrogens is 561 g/mol. The van der Waals surface area contributed by atoms with Crippen molar-refractivity contribution in [2.75, 3.05) is 24.4 Å². The fourth-order valence-electron chi connectivity index (χ4n) is 5.18. The summed E-state index contributed by atoms with van der Waals surface area (Å²) in [4.78, 5) is 14.1. The summed E-state index contributed by atoms with van der Waals surface area (Å²) in [7, 11) is -2.17. The van der Waals surface area contributed by atoms with Gasteiger partial charge in [0.1, 0.15) is 5.82 Å². The average Bonchev–Trinajstić information content (AvgIpc) is 3.50. The number of anilines is 1. The van der Waals surface area contributed by atoms with Crippen LogP contribution in [0.5, 0.6) is 0 Å². The van der Waals surface area contributed by atoms with Gasteiger partial charge in [-0.1, -0.05) is 18.2 Å². The number of nitrogens with one attached hydrogen (secondary N) is 1. The van der Waals surface area contributed by atoms with Gasteiger partial charge < -0.3 is 9.88 Å². The van der Waals surface area contributed by atoms with Gasteiger partial charge in [0, 0.05) is 56.1 Å². The first-order chi connectivity index (χ1) is 20.9. The summed E-state index contributed by atoms with van der Waals surface area (Å²) in [5.74, 6) is -0.265. The van der Waals surface area contributed by atoms with E-state index >= 15 is 0 Å². The van der Waals surface area contributed by atoms with Gasteiger partial charge >= 0.3 is 0 Å². The molecule has 0 aliphatic carbocycles. The zero-order valence-corrected chi connectivity index (χ0v) is 24.4. The summed E-state index contributed by atoms with van der Waals surface area (Å²) in [6, 6.07) is 20.8. The van der Waals surface area contributed by atoms with Crippen LogP contribution in [-0.2, 0) is 10.0 Å². The summed E-state index contributed by atoms with van der Waals surface area (Å²) in [5, 5.41) is 0. The smallest absolute Gasteiger partial charge is 0.264 e. The second kappa shape index (κ2) is 12.1. The molecule has 0 amide bonds. The molecule has 3 aromatic heterocycles. The van der Waals surface area contributed by atoms with Crippen molar-refractivity contribution < 1.29 is 12.8 Å². The molecule has 1 aliphatic heterocycles. The van der Waals surface area contributed by atoms with E-state index < -0.39 is 10.0 Å². The highest BCUT2D eigenvalue weighted by atomic mass is 32.2. The van der Waals surface area contributed by atoms with Crippen LogP contribution in [0.4, 0.5) is 10.1 Å². The number of hydrogen-bond donors (Lipinski definition) is 1. The molecule has 0 radical (unpaired) electrons. The summed E-state index contributed by atoms with van der Waals surface area (Å²) < 4.78 is 41.0. The predicted molar refractivity (Wildman–Crippen MR) is 169 cm³/mol. The van der Waals surface area contributed by atoms with Crippen LogP contribution in [0.3, 0.4) is 0 Å². The predicted octanol–water partition coefficient (Wildman–Crippen LogP) is 6.86. The number of pyridine rings is 2. The highest BCUT2D eigenvalue weighted by Crippen LogP contribution is 2.39. The SMILES string of the molecule is CN(c1cccnc1)S(=O)(=O)c1ccc(C=CN2CC=C(c3c[nH]c(-c4ccc(F)cc4)c3-c3ccncc3)CC2)cc1. The average molecular weight is 592 g/mol. The molecule has 216 valence electrons. The van der Waals surface area contributed by atoms with E-state index in [0.29, 0.717) is 5.69 Å². The van der Waals surface area contributed by atoms with Crippen LogP contribution in [0.25, 0.3) is 34.0 Å². The Morgan fingerprint density at radius 2 is 1.70 bits per heavy atom. The van der Waals surface area contributed by atoms with Crippen molar-refractivity contribution in [1.82, 2.24) is 19.9 Å². The molecule has 7 nitrogen and oxygen atoms in total. The molecule has 9 heteroatoms. The lowest BCUT2D eigenvalue weighted by molar-refractivity contribution is 0.416. The van der Waals surface area contributed by atoms with E-state index in [9.17, 15) is 12.8 Å². The van der Waals surface area contributed by atoms with E-state index in [0.717, 1.165) is 53.0 Å². The maximum Gasteiger partial charge on any atom is 0.264 e. The number of nitrogens with zero attached hydrogens (tertiary/aromatic N) is 4. The molecule has 0 spiro atoms. The van der Waals surface area contributed by atoms with E-state index in [-0.39, 0.29) is 10.7 Å². The number of aromatic nitrogens is 3. The third kappa shape index (κ3) is 5.98. The van der Waals surface area contributed by atoms with Crippen LogP contribution >= 0.6 is 0 Å². The molecule has 5 aromatic rings. The fraction of sp³-hybridized carbons (Fsp3) is 0.118. The van der Waals surface area contributed by atoms with Gasteiger partial charge in [0.05, 0.1) is 22.5 Å². The number of H-pyrrole nitrogens is 1. The first-order valence-corrected chi connectivity index (χ1v) is 15.3. The van der Waals surface area contributed by atoms with Crippen LogP contribution in [0.15, 0.2) is 121 Å². The van der Waals surface area contributed by atoms with Crippen molar-refractivity contribution in [1.29, 1.82) is 0 Å². The molecule has 0 atom stereocenters. The number of hydrogen-bond acceptors (Lipinski definition) is 5. The molecule has 4 heterocycles. The molecule has 6 rings (SSSR count). The summed E-state index contributed by atoms with van der Waals surface area (Å²) in [6.45, 7) is 1.57. The minimum Gasteiger partial charge on any atom is -0.373 e. The standard InChI is InChI=1S/C34H30FN5O2S/c1-39(30-3-2-17-37-23-30)43(41,42)31-10-4-25(5-11-31)14-20-40-21-15-26(16-22-40)32-24-38-34(28-6-8-29(35)9-7-28)33(32)27-12-18-36-19-13-27/h2-15,17-20,23-24,38H,16,21-22H2,1H3. The normalized spacial score (nSPS) is 13.7. The first kappa shape index (κ1) is 28.1. The van der Waals surface area contributed by atoms with Gasteiger partial charge in [-0.2, -0.15) is 0 Å². The topological polar surface area (TPSA) is 82.2 Å². The Kier molecular flexibility index (Phi) is 7.89. The minimum atomic E-state index is -3.69. The zero-order chi connectivity index (χ0) is 29.8. The quantitative estimate of drug-likeness (QED) is 0.213. The van der Waals surface area contributed by atoms with Gasteiger partial charge in [0.15, 0.2) is 0 Å². The number of aromatic amines is 1. The maximum absolute atomic E-state index is 13.6. The Hall–Kier alpha value is -5.02. The summed E-state index contributed by atoms with van der Waals surface area (Å²) in [5.41, 5.74) is 7.77. The molecule has 1 N–H and O–H groups in total. The monoisotopic (exact) mass is 591 g/mol. The maximum atomic E-state index is 13.6. The van der Waals surface area contributed by atoms with Crippen LogP contribution in [-0.4, -0.2) is 48.4 Å². The lowest BCUT2D eigenvalue weighted by Crippen LogP contribution is -2.26. The highest BCUT2D eigenvalue weighted by molar-refractivity contribution is 7.92. The number of rotatable bonds is 8. The van der Waals surface area contributed by atoms with Crippen molar-refractivity contribution in [3.05, 3.63) is 133 Å². The van der Waals surface area contributed by atoms with E-state index in [4.69, 9.17) is 0 Å². The lowest BCUT2D eigenvalue weighted by Gasteiger charge is -2.25. The van der Waals surface area contributed by atoms with E-state index in [2.05, 4.69) is 25.9 Å². The van der Waals surface area contributed by atoms with E-state index in [1.165, 1.54) is 35.3 Å². The van der Waals surface area contributed by atoms with Crippen LogP contribution < -0.4 is 4.31 Å². The van der Waals surface area contributed by atoms with Crippen molar-refractivity contribution in [3.8, 4) is 22.4 Å².